The van der Waals surface area contributed by atoms with E-state index in [1.165, 1.54) is 11.1 Å². The molecule has 0 unspecified atom stereocenters. The molecule has 2 aromatic carbocycles. The molecule has 0 saturated heterocycles. The van der Waals surface area contributed by atoms with Gasteiger partial charge in [0.25, 0.3) is 0 Å². The van der Waals surface area contributed by atoms with Crippen LogP contribution < -0.4 is 9.47 Å². The van der Waals surface area contributed by atoms with Crippen LogP contribution in [0.25, 0.3) is 6.08 Å². The third-order valence-electron chi connectivity index (χ3n) is 7.35. The lowest BCUT2D eigenvalue weighted by atomic mass is 9.46. The van der Waals surface area contributed by atoms with Crippen molar-refractivity contribution >= 4 is 6.08 Å². The number of ether oxygens (including phenoxy) is 2. The molecule has 2 N–H and O–H groups in total. The number of methoxy groups -OCH3 is 1. The largest absolute Gasteiger partial charge is 0.504 e. The molecule has 3 atom stereocenters. The lowest BCUT2D eigenvalue weighted by molar-refractivity contribution is 0.0123. The fourth-order valence-electron chi connectivity index (χ4n) is 5.96. The van der Waals surface area contributed by atoms with Crippen molar-refractivity contribution in [3.8, 4) is 23.0 Å². The fourth-order valence-corrected chi connectivity index (χ4v) is 5.96. The topological polar surface area (TPSA) is 58.9 Å². The summed E-state index contributed by atoms with van der Waals surface area (Å²) in [6, 6.07) is 7.30. The quantitative estimate of drug-likeness (QED) is 0.675. The average Bonchev–Trinajstić information content (AvgIpc) is 3.01. The Morgan fingerprint density at radius 1 is 1.07 bits per heavy atom. The SMILES string of the molecule is COc1cc2c(c3c1C[C@@H]1[C@H]3[C@@H](c3ccc(O)c(O)c3)C1(C)C)C=CC(C)(C)O2. The molecule has 1 aliphatic heterocycles. The number of phenols is 2. The molecule has 1 saturated carbocycles. The van der Waals surface area contributed by atoms with Crippen LogP contribution in [0, 0.1) is 11.3 Å². The van der Waals surface area contributed by atoms with E-state index in [4.69, 9.17) is 9.47 Å². The van der Waals surface area contributed by atoms with Gasteiger partial charge in [-0.25, -0.2) is 0 Å². The lowest BCUT2D eigenvalue weighted by Gasteiger charge is -2.57. The van der Waals surface area contributed by atoms with E-state index in [2.05, 4.69) is 39.8 Å². The molecule has 1 heterocycles. The average molecular weight is 392 g/mol. The minimum absolute atomic E-state index is 0.0578. The highest BCUT2D eigenvalue weighted by atomic mass is 16.5. The van der Waals surface area contributed by atoms with Gasteiger partial charge in [0.1, 0.15) is 17.1 Å². The van der Waals surface area contributed by atoms with Crippen LogP contribution in [-0.2, 0) is 6.42 Å². The van der Waals surface area contributed by atoms with Gasteiger partial charge in [-0.2, -0.15) is 0 Å². The van der Waals surface area contributed by atoms with Crippen molar-refractivity contribution in [3.63, 3.8) is 0 Å². The second-order valence-electron chi connectivity index (χ2n) is 9.81. The number of hydrogen-bond donors (Lipinski definition) is 2. The maximum Gasteiger partial charge on any atom is 0.157 e. The van der Waals surface area contributed by atoms with Crippen LogP contribution in [-0.4, -0.2) is 22.9 Å². The van der Waals surface area contributed by atoms with Gasteiger partial charge in [0, 0.05) is 11.6 Å². The van der Waals surface area contributed by atoms with Gasteiger partial charge in [-0.3, -0.25) is 0 Å². The van der Waals surface area contributed by atoms with E-state index in [0.717, 1.165) is 29.0 Å². The summed E-state index contributed by atoms with van der Waals surface area (Å²) in [6.45, 7) is 8.73. The molecule has 0 amide bonds. The smallest absolute Gasteiger partial charge is 0.157 e. The summed E-state index contributed by atoms with van der Waals surface area (Å²) in [5, 5.41) is 19.9. The highest BCUT2D eigenvalue weighted by Gasteiger charge is 2.61. The molecule has 4 heteroatoms. The molecule has 4 nitrogen and oxygen atoms in total. The van der Waals surface area contributed by atoms with E-state index in [1.807, 2.05) is 12.1 Å². The van der Waals surface area contributed by atoms with Gasteiger partial charge >= 0.3 is 0 Å². The summed E-state index contributed by atoms with van der Waals surface area (Å²) in [5.41, 5.74) is 4.57. The Kier molecular flexibility index (Phi) is 3.63. The molecule has 0 aromatic heterocycles. The highest BCUT2D eigenvalue weighted by Crippen LogP contribution is 2.71. The first-order valence-corrected chi connectivity index (χ1v) is 10.3. The van der Waals surface area contributed by atoms with Crippen molar-refractivity contribution in [2.24, 2.45) is 11.3 Å². The first-order chi connectivity index (χ1) is 13.6. The number of aromatic hydroxyl groups is 2. The van der Waals surface area contributed by atoms with Gasteiger partial charge in [-0.15, -0.1) is 0 Å². The van der Waals surface area contributed by atoms with Gasteiger partial charge < -0.3 is 19.7 Å². The standard InChI is InChI=1S/C25H28O4/c1-24(2)9-8-14-20(29-24)12-19(28-5)15-11-16-22(21(14)15)23(25(16,3)4)13-6-7-17(26)18(27)10-13/h6-10,12,16,22-23,26-27H,11H2,1-5H3/t16-,22-,23-/m1/s1. The van der Waals surface area contributed by atoms with E-state index in [-0.39, 0.29) is 28.4 Å². The van der Waals surface area contributed by atoms with Gasteiger partial charge in [0.05, 0.1) is 7.11 Å². The first-order valence-electron chi connectivity index (χ1n) is 10.3. The summed E-state index contributed by atoms with van der Waals surface area (Å²) in [5.74, 6) is 2.74. The zero-order valence-electron chi connectivity index (χ0n) is 17.6. The van der Waals surface area contributed by atoms with Crippen LogP contribution in [0.5, 0.6) is 23.0 Å². The number of benzene rings is 2. The molecular weight excluding hydrogens is 364 g/mol. The molecular formula is C25H28O4. The summed E-state index contributed by atoms with van der Waals surface area (Å²) < 4.78 is 12.1. The Bertz CT molecular complexity index is 1050. The van der Waals surface area contributed by atoms with Crippen LogP contribution in [0.4, 0.5) is 0 Å². The van der Waals surface area contributed by atoms with E-state index in [1.54, 1.807) is 19.2 Å². The van der Waals surface area contributed by atoms with Gasteiger partial charge in [0.2, 0.25) is 0 Å². The van der Waals surface area contributed by atoms with Crippen molar-refractivity contribution in [1.29, 1.82) is 0 Å². The Labute approximate surface area is 171 Å². The molecule has 0 spiro atoms. The zero-order valence-corrected chi connectivity index (χ0v) is 17.6. The van der Waals surface area contributed by atoms with Crippen LogP contribution in [0.15, 0.2) is 30.3 Å². The molecule has 0 radical (unpaired) electrons. The Balaban J connectivity index is 1.68. The molecule has 0 bridgehead atoms. The van der Waals surface area contributed by atoms with Crippen molar-refractivity contribution in [3.05, 3.63) is 52.6 Å². The van der Waals surface area contributed by atoms with Crippen molar-refractivity contribution < 1.29 is 19.7 Å². The molecule has 3 aliphatic rings. The zero-order chi connectivity index (χ0) is 20.7. The minimum Gasteiger partial charge on any atom is -0.504 e. The third kappa shape index (κ3) is 2.44. The number of fused-ring (bicyclic) bond motifs is 5. The molecule has 1 fully saturated rings. The first kappa shape index (κ1) is 18.4. The summed E-state index contributed by atoms with van der Waals surface area (Å²) in [4.78, 5) is 0. The second kappa shape index (κ2) is 5.71. The van der Waals surface area contributed by atoms with Crippen molar-refractivity contribution in [2.75, 3.05) is 7.11 Å². The maximum atomic E-state index is 10.1. The molecule has 29 heavy (non-hydrogen) atoms. The monoisotopic (exact) mass is 392 g/mol. The van der Waals surface area contributed by atoms with Crippen LogP contribution in [0.2, 0.25) is 0 Å². The predicted molar refractivity (Wildman–Crippen MR) is 113 cm³/mol. The maximum absolute atomic E-state index is 10.1. The normalized spacial score (nSPS) is 27.3. The summed E-state index contributed by atoms with van der Waals surface area (Å²) in [7, 11) is 1.73. The molecule has 152 valence electrons. The highest BCUT2D eigenvalue weighted by molar-refractivity contribution is 5.72. The Morgan fingerprint density at radius 2 is 1.83 bits per heavy atom. The second-order valence-corrected chi connectivity index (χ2v) is 9.81. The van der Waals surface area contributed by atoms with Gasteiger partial charge in [-0.1, -0.05) is 26.0 Å². The minimum atomic E-state index is -0.342. The fraction of sp³-hybridized carbons (Fsp3) is 0.440. The van der Waals surface area contributed by atoms with Crippen molar-refractivity contribution in [1.82, 2.24) is 0 Å². The van der Waals surface area contributed by atoms with E-state index >= 15 is 0 Å². The molecule has 5 rings (SSSR count). The van der Waals surface area contributed by atoms with Crippen molar-refractivity contribution in [2.45, 2.75) is 51.6 Å². The summed E-state index contributed by atoms with van der Waals surface area (Å²) in [6.07, 6.45) is 5.32. The van der Waals surface area contributed by atoms with Gasteiger partial charge in [-0.05, 0) is 78.3 Å². The Morgan fingerprint density at radius 3 is 2.52 bits per heavy atom. The predicted octanol–water partition coefficient (Wildman–Crippen LogP) is 5.37. The molecule has 2 aromatic rings. The Hall–Kier alpha value is -2.62. The van der Waals surface area contributed by atoms with Crippen LogP contribution in [0.1, 0.15) is 61.8 Å². The lowest BCUT2D eigenvalue weighted by Crippen LogP contribution is -2.48. The van der Waals surface area contributed by atoms with E-state index in [0.29, 0.717) is 11.8 Å². The van der Waals surface area contributed by atoms with Crippen LogP contribution >= 0.6 is 0 Å². The van der Waals surface area contributed by atoms with E-state index in [9.17, 15) is 10.2 Å². The third-order valence-corrected chi connectivity index (χ3v) is 7.35. The number of phenolic OH excluding ortho intramolecular Hbond substituents is 2. The number of rotatable bonds is 2. The van der Waals surface area contributed by atoms with E-state index < -0.39 is 0 Å². The van der Waals surface area contributed by atoms with Gasteiger partial charge in [0.15, 0.2) is 11.5 Å². The summed E-state index contributed by atoms with van der Waals surface area (Å²) >= 11 is 0. The van der Waals surface area contributed by atoms with Crippen LogP contribution in [0.3, 0.4) is 0 Å². The number of hydrogen-bond acceptors (Lipinski definition) is 4. The molecule has 2 aliphatic carbocycles.